The van der Waals surface area contributed by atoms with E-state index >= 15 is 0 Å². The predicted octanol–water partition coefficient (Wildman–Crippen LogP) is 4.19. The Labute approximate surface area is 147 Å². The Morgan fingerprint density at radius 1 is 0.875 bits per heavy atom. The fourth-order valence-corrected chi connectivity index (χ4v) is 2.74. The second-order valence-electron chi connectivity index (χ2n) is 4.81. The summed E-state index contributed by atoms with van der Waals surface area (Å²) in [5.41, 5.74) is 1.50. The summed E-state index contributed by atoms with van der Waals surface area (Å²) in [7, 11) is 4.67. The van der Waals surface area contributed by atoms with Crippen molar-refractivity contribution in [1.29, 1.82) is 0 Å². The average molecular weight is 391 g/mol. The fourth-order valence-electron chi connectivity index (χ4n) is 2.29. The van der Waals surface area contributed by atoms with Gasteiger partial charge in [0, 0.05) is 10.0 Å². The molecule has 24 heavy (non-hydrogen) atoms. The molecule has 0 saturated carbocycles. The quantitative estimate of drug-likeness (QED) is 0.650. The summed E-state index contributed by atoms with van der Waals surface area (Å²) >= 11 is 3.48. The predicted molar refractivity (Wildman–Crippen MR) is 92.5 cm³/mol. The minimum absolute atomic E-state index is 0.361. The van der Waals surface area contributed by atoms with Crippen LogP contribution in [0.1, 0.15) is 0 Å². The van der Waals surface area contributed by atoms with E-state index in [1.165, 1.54) is 0 Å². The van der Waals surface area contributed by atoms with Crippen molar-refractivity contribution in [2.75, 3.05) is 21.3 Å². The number of benzene rings is 2. The first-order chi connectivity index (χ1) is 11.7. The molecule has 0 saturated heterocycles. The Morgan fingerprint density at radius 3 is 2.08 bits per heavy atom. The van der Waals surface area contributed by atoms with Crippen molar-refractivity contribution in [2.45, 2.75) is 0 Å². The molecule has 124 valence electrons. The standard InChI is InChI=1S/C17H15BrN2O4/c1-21-13-8-10(9-14(22-2)15(13)23-3)16-19-20-17(24-16)11-6-4-5-7-12(11)18/h4-9H,1-3H3. The van der Waals surface area contributed by atoms with E-state index in [0.29, 0.717) is 34.6 Å². The SMILES string of the molecule is COc1cc(-c2nnc(-c3ccccc3Br)o2)cc(OC)c1OC. The second-order valence-corrected chi connectivity index (χ2v) is 5.66. The van der Waals surface area contributed by atoms with Crippen LogP contribution in [0.25, 0.3) is 22.9 Å². The van der Waals surface area contributed by atoms with Gasteiger partial charge in [0.15, 0.2) is 11.5 Å². The number of hydrogen-bond donors (Lipinski definition) is 0. The first kappa shape index (κ1) is 16.3. The fraction of sp³-hybridized carbons (Fsp3) is 0.176. The molecule has 0 bridgehead atoms. The first-order valence-corrected chi connectivity index (χ1v) is 7.86. The van der Waals surface area contributed by atoms with Crippen LogP contribution >= 0.6 is 15.9 Å². The normalized spacial score (nSPS) is 10.5. The van der Waals surface area contributed by atoms with Gasteiger partial charge in [-0.15, -0.1) is 10.2 Å². The molecule has 0 aliphatic rings. The number of methoxy groups -OCH3 is 3. The van der Waals surface area contributed by atoms with Gasteiger partial charge in [-0.2, -0.15) is 0 Å². The Kier molecular flexibility index (Phi) is 4.71. The molecule has 0 N–H and O–H groups in total. The maximum absolute atomic E-state index is 5.80. The van der Waals surface area contributed by atoms with Gasteiger partial charge in [-0.3, -0.25) is 0 Å². The van der Waals surface area contributed by atoms with Gasteiger partial charge in [-0.25, -0.2) is 0 Å². The number of aromatic nitrogens is 2. The first-order valence-electron chi connectivity index (χ1n) is 7.06. The highest BCUT2D eigenvalue weighted by Crippen LogP contribution is 2.41. The van der Waals surface area contributed by atoms with Crippen LogP contribution in [0, 0.1) is 0 Å². The lowest BCUT2D eigenvalue weighted by Gasteiger charge is -2.12. The van der Waals surface area contributed by atoms with Crippen LogP contribution in [0.4, 0.5) is 0 Å². The molecule has 0 atom stereocenters. The molecule has 2 aromatic carbocycles. The number of halogens is 1. The Bertz CT molecular complexity index is 838. The van der Waals surface area contributed by atoms with Crippen molar-refractivity contribution in [1.82, 2.24) is 10.2 Å². The summed E-state index contributed by atoms with van der Waals surface area (Å²) in [4.78, 5) is 0. The highest BCUT2D eigenvalue weighted by Gasteiger charge is 2.18. The van der Waals surface area contributed by atoms with E-state index in [2.05, 4.69) is 26.1 Å². The zero-order chi connectivity index (χ0) is 17.1. The zero-order valence-corrected chi connectivity index (χ0v) is 15.0. The third kappa shape index (κ3) is 2.94. The van der Waals surface area contributed by atoms with Crippen molar-refractivity contribution in [3.8, 4) is 40.2 Å². The van der Waals surface area contributed by atoms with Crippen molar-refractivity contribution >= 4 is 15.9 Å². The van der Waals surface area contributed by atoms with Crippen molar-refractivity contribution in [3.63, 3.8) is 0 Å². The van der Waals surface area contributed by atoms with E-state index < -0.39 is 0 Å². The summed E-state index contributed by atoms with van der Waals surface area (Å²) < 4.78 is 22.7. The maximum Gasteiger partial charge on any atom is 0.249 e. The Hall–Kier alpha value is -2.54. The minimum Gasteiger partial charge on any atom is -0.493 e. The van der Waals surface area contributed by atoms with E-state index in [1.807, 2.05) is 24.3 Å². The molecule has 0 unspecified atom stereocenters. The third-order valence-corrected chi connectivity index (χ3v) is 4.13. The number of ether oxygens (including phenoxy) is 3. The van der Waals surface area contributed by atoms with Gasteiger partial charge in [0.1, 0.15) is 0 Å². The molecule has 0 radical (unpaired) electrons. The van der Waals surface area contributed by atoms with Gasteiger partial charge in [-0.05, 0) is 40.2 Å². The van der Waals surface area contributed by atoms with Crippen molar-refractivity contribution in [3.05, 3.63) is 40.9 Å². The molecule has 6 nitrogen and oxygen atoms in total. The highest BCUT2D eigenvalue weighted by molar-refractivity contribution is 9.10. The molecule has 1 aromatic heterocycles. The summed E-state index contributed by atoms with van der Waals surface area (Å²) in [6.07, 6.45) is 0. The molecule has 1 heterocycles. The Balaban J connectivity index is 2.06. The van der Waals surface area contributed by atoms with Gasteiger partial charge in [0.2, 0.25) is 17.5 Å². The van der Waals surface area contributed by atoms with Crippen LogP contribution < -0.4 is 14.2 Å². The number of rotatable bonds is 5. The molecule has 7 heteroatoms. The summed E-state index contributed by atoms with van der Waals surface area (Å²) in [6.45, 7) is 0. The lowest BCUT2D eigenvalue weighted by molar-refractivity contribution is 0.324. The van der Waals surface area contributed by atoms with Crippen molar-refractivity contribution in [2.24, 2.45) is 0 Å². The van der Waals surface area contributed by atoms with Gasteiger partial charge >= 0.3 is 0 Å². The summed E-state index contributed by atoms with van der Waals surface area (Å²) in [6, 6.07) is 11.2. The monoisotopic (exact) mass is 390 g/mol. The maximum atomic E-state index is 5.80. The topological polar surface area (TPSA) is 66.6 Å². The number of hydrogen-bond acceptors (Lipinski definition) is 6. The molecule has 3 aromatic rings. The molecular weight excluding hydrogens is 376 g/mol. The van der Waals surface area contributed by atoms with Crippen LogP contribution in [-0.4, -0.2) is 31.5 Å². The van der Waals surface area contributed by atoms with E-state index in [0.717, 1.165) is 10.0 Å². The minimum atomic E-state index is 0.361. The molecule has 0 amide bonds. The van der Waals surface area contributed by atoms with Crippen molar-refractivity contribution < 1.29 is 18.6 Å². The molecule has 0 aliphatic carbocycles. The van der Waals surface area contributed by atoms with Gasteiger partial charge in [0.05, 0.1) is 26.9 Å². The van der Waals surface area contributed by atoms with E-state index in [1.54, 1.807) is 33.5 Å². The van der Waals surface area contributed by atoms with Gasteiger partial charge < -0.3 is 18.6 Å². The van der Waals surface area contributed by atoms with Crippen LogP contribution in [0.2, 0.25) is 0 Å². The largest absolute Gasteiger partial charge is 0.493 e. The summed E-state index contributed by atoms with van der Waals surface area (Å²) in [5, 5.41) is 8.24. The molecule has 0 aliphatic heterocycles. The third-order valence-electron chi connectivity index (χ3n) is 3.44. The lowest BCUT2D eigenvalue weighted by atomic mass is 10.2. The molecule has 0 spiro atoms. The molecule has 3 rings (SSSR count). The van der Waals surface area contributed by atoms with E-state index in [9.17, 15) is 0 Å². The highest BCUT2D eigenvalue weighted by atomic mass is 79.9. The van der Waals surface area contributed by atoms with Crippen LogP contribution in [0.3, 0.4) is 0 Å². The molecule has 0 fully saturated rings. The van der Waals surface area contributed by atoms with Crippen LogP contribution in [-0.2, 0) is 0 Å². The lowest BCUT2D eigenvalue weighted by Crippen LogP contribution is -1.95. The zero-order valence-electron chi connectivity index (χ0n) is 13.4. The smallest absolute Gasteiger partial charge is 0.249 e. The van der Waals surface area contributed by atoms with Crippen LogP contribution in [0.5, 0.6) is 17.2 Å². The van der Waals surface area contributed by atoms with E-state index in [-0.39, 0.29) is 0 Å². The van der Waals surface area contributed by atoms with Gasteiger partial charge in [0.25, 0.3) is 0 Å². The molecular formula is C17H15BrN2O4. The summed E-state index contributed by atoms with van der Waals surface area (Å²) in [5.74, 6) is 2.33. The van der Waals surface area contributed by atoms with E-state index in [4.69, 9.17) is 18.6 Å². The second kappa shape index (κ2) is 6.92. The van der Waals surface area contributed by atoms with Gasteiger partial charge in [-0.1, -0.05) is 12.1 Å². The Morgan fingerprint density at radius 2 is 1.50 bits per heavy atom. The number of nitrogens with zero attached hydrogens (tertiary/aromatic N) is 2. The average Bonchev–Trinajstić information content (AvgIpc) is 3.10. The van der Waals surface area contributed by atoms with Crippen LogP contribution in [0.15, 0.2) is 45.3 Å².